The standard InChI is InChI=1S/C13H22ClN3O/c1-10(2)7-8-17(11-5-3-4-6-11)13-16-15-12(9-14)18-13/h10-11H,3-9H2,1-2H3. The fourth-order valence-electron chi connectivity index (χ4n) is 2.46. The Labute approximate surface area is 114 Å². The maximum Gasteiger partial charge on any atom is 0.318 e. The molecule has 2 rings (SSSR count). The Bertz CT molecular complexity index is 361. The molecule has 1 aromatic heterocycles. The lowest BCUT2D eigenvalue weighted by Gasteiger charge is -2.27. The van der Waals surface area contributed by atoms with Crippen molar-refractivity contribution in [2.45, 2.75) is 57.9 Å². The summed E-state index contributed by atoms with van der Waals surface area (Å²) in [5, 5.41) is 8.10. The van der Waals surface area contributed by atoms with E-state index in [1.165, 1.54) is 25.7 Å². The third-order valence-corrected chi connectivity index (χ3v) is 3.76. The van der Waals surface area contributed by atoms with Gasteiger partial charge in [-0.05, 0) is 25.2 Å². The molecule has 0 radical (unpaired) electrons. The summed E-state index contributed by atoms with van der Waals surface area (Å²) in [7, 11) is 0. The van der Waals surface area contributed by atoms with E-state index in [9.17, 15) is 0 Å². The number of hydrogen-bond acceptors (Lipinski definition) is 4. The number of alkyl halides is 1. The van der Waals surface area contributed by atoms with Gasteiger partial charge in [0.1, 0.15) is 5.88 Å². The van der Waals surface area contributed by atoms with Gasteiger partial charge in [0.15, 0.2) is 0 Å². The van der Waals surface area contributed by atoms with Crippen LogP contribution in [0.15, 0.2) is 4.42 Å². The molecule has 0 aromatic carbocycles. The summed E-state index contributed by atoms with van der Waals surface area (Å²) in [5.41, 5.74) is 0. The molecule has 0 aliphatic heterocycles. The van der Waals surface area contributed by atoms with E-state index in [0.717, 1.165) is 13.0 Å². The maximum absolute atomic E-state index is 5.72. The number of nitrogens with zero attached hydrogens (tertiary/aromatic N) is 3. The third kappa shape index (κ3) is 3.37. The summed E-state index contributed by atoms with van der Waals surface area (Å²) in [6.07, 6.45) is 6.22. The molecule has 0 amide bonds. The van der Waals surface area contributed by atoms with Crippen molar-refractivity contribution >= 4 is 17.6 Å². The van der Waals surface area contributed by atoms with Crippen LogP contribution in [0.4, 0.5) is 6.01 Å². The Morgan fingerprint density at radius 1 is 1.33 bits per heavy atom. The zero-order valence-corrected chi connectivity index (χ0v) is 12.0. The minimum atomic E-state index is 0.287. The molecular formula is C13H22ClN3O. The number of hydrogen-bond donors (Lipinski definition) is 0. The Kier molecular flexibility index (Phi) is 4.87. The van der Waals surface area contributed by atoms with Crippen LogP contribution in [0, 0.1) is 5.92 Å². The monoisotopic (exact) mass is 271 g/mol. The molecule has 0 saturated heterocycles. The smallest absolute Gasteiger partial charge is 0.318 e. The molecular weight excluding hydrogens is 250 g/mol. The van der Waals surface area contributed by atoms with Crippen LogP contribution < -0.4 is 4.90 Å². The molecule has 4 nitrogen and oxygen atoms in total. The first-order chi connectivity index (χ1) is 8.70. The van der Waals surface area contributed by atoms with Crippen molar-refractivity contribution < 1.29 is 4.42 Å². The Balaban J connectivity index is 2.07. The van der Waals surface area contributed by atoms with Gasteiger partial charge in [0.05, 0.1) is 0 Å². The first-order valence-corrected chi connectivity index (χ1v) is 7.39. The highest BCUT2D eigenvalue weighted by Crippen LogP contribution is 2.28. The highest BCUT2D eigenvalue weighted by molar-refractivity contribution is 6.16. The van der Waals surface area contributed by atoms with E-state index < -0.39 is 0 Å². The molecule has 18 heavy (non-hydrogen) atoms. The topological polar surface area (TPSA) is 42.2 Å². The van der Waals surface area contributed by atoms with Gasteiger partial charge in [-0.2, -0.15) is 0 Å². The molecule has 1 aliphatic carbocycles. The summed E-state index contributed by atoms with van der Waals surface area (Å²) >= 11 is 5.72. The van der Waals surface area contributed by atoms with E-state index in [1.54, 1.807) is 0 Å². The Morgan fingerprint density at radius 2 is 2.06 bits per heavy atom. The van der Waals surface area contributed by atoms with E-state index in [2.05, 4.69) is 28.9 Å². The van der Waals surface area contributed by atoms with Gasteiger partial charge < -0.3 is 9.32 Å². The summed E-state index contributed by atoms with van der Waals surface area (Å²) in [4.78, 5) is 2.29. The van der Waals surface area contributed by atoms with Crippen molar-refractivity contribution in [1.29, 1.82) is 0 Å². The van der Waals surface area contributed by atoms with E-state index in [4.69, 9.17) is 16.0 Å². The van der Waals surface area contributed by atoms with Gasteiger partial charge in [-0.3, -0.25) is 0 Å². The van der Waals surface area contributed by atoms with E-state index in [0.29, 0.717) is 23.9 Å². The predicted octanol–water partition coefficient (Wildman–Crippen LogP) is 3.60. The molecule has 0 unspecified atom stereocenters. The number of rotatable bonds is 6. The summed E-state index contributed by atoms with van der Waals surface area (Å²) < 4.78 is 5.61. The minimum absolute atomic E-state index is 0.287. The first-order valence-electron chi connectivity index (χ1n) is 6.85. The van der Waals surface area contributed by atoms with E-state index in [-0.39, 0.29) is 5.88 Å². The number of aromatic nitrogens is 2. The highest BCUT2D eigenvalue weighted by atomic mass is 35.5. The lowest BCUT2D eigenvalue weighted by molar-refractivity contribution is 0.452. The Hall–Kier alpha value is -0.770. The average molecular weight is 272 g/mol. The van der Waals surface area contributed by atoms with Crippen molar-refractivity contribution in [2.75, 3.05) is 11.4 Å². The summed E-state index contributed by atoms with van der Waals surface area (Å²) in [6, 6.07) is 1.21. The van der Waals surface area contributed by atoms with Crippen molar-refractivity contribution in [2.24, 2.45) is 5.92 Å². The van der Waals surface area contributed by atoms with Gasteiger partial charge in [0.2, 0.25) is 5.89 Å². The first kappa shape index (κ1) is 13.7. The molecule has 1 aliphatic rings. The Morgan fingerprint density at radius 3 is 2.61 bits per heavy atom. The minimum Gasteiger partial charge on any atom is -0.407 e. The second-order valence-electron chi connectivity index (χ2n) is 5.43. The van der Waals surface area contributed by atoms with Crippen molar-refractivity contribution in [3.05, 3.63) is 5.89 Å². The quantitative estimate of drug-likeness (QED) is 0.742. The van der Waals surface area contributed by atoms with Crippen LogP contribution in [-0.4, -0.2) is 22.8 Å². The molecule has 1 aromatic rings. The maximum atomic E-state index is 5.72. The molecule has 1 saturated carbocycles. The van der Waals surface area contributed by atoms with Gasteiger partial charge in [-0.1, -0.05) is 31.8 Å². The molecule has 0 atom stereocenters. The number of anilines is 1. The van der Waals surface area contributed by atoms with Gasteiger partial charge in [0, 0.05) is 12.6 Å². The fraction of sp³-hybridized carbons (Fsp3) is 0.846. The van der Waals surface area contributed by atoms with Gasteiger partial charge in [-0.15, -0.1) is 16.7 Å². The second kappa shape index (κ2) is 6.41. The predicted molar refractivity (Wildman–Crippen MR) is 72.9 cm³/mol. The van der Waals surface area contributed by atoms with Crippen LogP contribution in [0.2, 0.25) is 0 Å². The van der Waals surface area contributed by atoms with E-state index in [1.807, 2.05) is 0 Å². The van der Waals surface area contributed by atoms with Crippen LogP contribution in [0.3, 0.4) is 0 Å². The van der Waals surface area contributed by atoms with Gasteiger partial charge in [-0.25, -0.2) is 0 Å². The third-order valence-electron chi connectivity index (χ3n) is 3.53. The molecule has 1 fully saturated rings. The van der Waals surface area contributed by atoms with E-state index >= 15 is 0 Å². The van der Waals surface area contributed by atoms with Crippen molar-refractivity contribution in [3.8, 4) is 0 Å². The average Bonchev–Trinajstić information content (AvgIpc) is 2.99. The highest BCUT2D eigenvalue weighted by Gasteiger charge is 2.26. The number of halogens is 1. The van der Waals surface area contributed by atoms with Crippen LogP contribution in [-0.2, 0) is 5.88 Å². The molecule has 5 heteroatoms. The zero-order chi connectivity index (χ0) is 13.0. The fourth-order valence-corrected chi connectivity index (χ4v) is 2.57. The molecule has 0 N–H and O–H groups in total. The van der Waals surface area contributed by atoms with Crippen molar-refractivity contribution in [1.82, 2.24) is 10.2 Å². The molecule has 102 valence electrons. The normalized spacial score (nSPS) is 16.7. The summed E-state index contributed by atoms with van der Waals surface area (Å²) in [5.74, 6) is 1.49. The van der Waals surface area contributed by atoms with Crippen molar-refractivity contribution in [3.63, 3.8) is 0 Å². The zero-order valence-electron chi connectivity index (χ0n) is 11.2. The van der Waals surface area contributed by atoms with Gasteiger partial charge >= 0.3 is 6.01 Å². The molecule has 1 heterocycles. The SMILES string of the molecule is CC(C)CCN(c1nnc(CCl)o1)C1CCCC1. The lowest BCUT2D eigenvalue weighted by atomic mass is 10.1. The van der Waals surface area contributed by atoms with Crippen LogP contribution in [0.25, 0.3) is 0 Å². The molecule has 0 spiro atoms. The largest absolute Gasteiger partial charge is 0.407 e. The van der Waals surface area contributed by atoms with Crippen LogP contribution >= 0.6 is 11.6 Å². The van der Waals surface area contributed by atoms with Crippen LogP contribution in [0.1, 0.15) is 51.8 Å². The molecule has 0 bridgehead atoms. The summed E-state index contributed by atoms with van der Waals surface area (Å²) in [6.45, 7) is 5.47. The van der Waals surface area contributed by atoms with Gasteiger partial charge in [0.25, 0.3) is 0 Å². The second-order valence-corrected chi connectivity index (χ2v) is 5.69. The lowest BCUT2D eigenvalue weighted by Crippen LogP contribution is -2.35. The van der Waals surface area contributed by atoms with Crippen LogP contribution in [0.5, 0.6) is 0 Å².